The minimum absolute atomic E-state index is 0.121. The van der Waals surface area contributed by atoms with Crippen molar-refractivity contribution >= 4 is 23.6 Å². The number of hydrogen-bond donors (Lipinski definition) is 1. The van der Waals surface area contributed by atoms with Crippen LogP contribution in [0.15, 0.2) is 24.3 Å². The molecule has 5 heteroatoms. The van der Waals surface area contributed by atoms with E-state index in [4.69, 9.17) is 5.11 Å². The molecule has 2 rings (SSSR count). The number of rotatable bonds is 3. The van der Waals surface area contributed by atoms with E-state index in [1.54, 1.807) is 24.3 Å². The van der Waals surface area contributed by atoms with Crippen molar-refractivity contribution in [3.63, 3.8) is 0 Å². The van der Waals surface area contributed by atoms with Gasteiger partial charge in [0, 0.05) is 24.1 Å². The maximum absolute atomic E-state index is 12.1. The Hall–Kier alpha value is -1.49. The number of carbonyl (C=O) groups excluding carboxylic acids is 1. The number of thioether (sulfide) groups is 1. The van der Waals surface area contributed by atoms with Crippen LogP contribution in [0.1, 0.15) is 22.8 Å². The molecule has 1 fully saturated rings. The molecule has 0 saturated carbocycles. The maximum Gasteiger partial charge on any atom is 0.335 e. The normalized spacial score (nSPS) is 19.2. The van der Waals surface area contributed by atoms with Crippen LogP contribution >= 0.6 is 11.8 Å². The average molecular weight is 279 g/mol. The minimum atomic E-state index is -0.945. The first kappa shape index (κ1) is 13.9. The van der Waals surface area contributed by atoms with Crippen molar-refractivity contribution in [3.05, 3.63) is 35.4 Å². The van der Waals surface area contributed by atoms with Crippen LogP contribution < -0.4 is 0 Å². The van der Waals surface area contributed by atoms with Gasteiger partial charge in [-0.1, -0.05) is 19.1 Å². The fourth-order valence-corrected chi connectivity index (χ4v) is 3.11. The van der Waals surface area contributed by atoms with Gasteiger partial charge in [0.1, 0.15) is 0 Å². The van der Waals surface area contributed by atoms with Gasteiger partial charge < -0.3 is 10.0 Å². The van der Waals surface area contributed by atoms with Crippen LogP contribution in [0.5, 0.6) is 0 Å². The molecule has 102 valence electrons. The number of carboxylic acids is 1. The standard InChI is InChI=1S/C14H17NO3S/c1-10-9-15(6-7-19-10)13(16)8-11-2-4-12(5-3-11)14(17)18/h2-5,10H,6-9H2,1H3,(H,17,18). The lowest BCUT2D eigenvalue weighted by Gasteiger charge is -2.30. The Labute approximate surface area is 116 Å². The summed E-state index contributed by atoms with van der Waals surface area (Å²) in [5, 5.41) is 9.31. The van der Waals surface area contributed by atoms with Gasteiger partial charge in [0.05, 0.1) is 12.0 Å². The van der Waals surface area contributed by atoms with Crippen LogP contribution in [0.3, 0.4) is 0 Å². The minimum Gasteiger partial charge on any atom is -0.478 e. The Morgan fingerprint density at radius 1 is 1.37 bits per heavy atom. The molecule has 1 saturated heterocycles. The molecule has 1 unspecified atom stereocenters. The van der Waals surface area contributed by atoms with E-state index in [1.807, 2.05) is 16.7 Å². The van der Waals surface area contributed by atoms with Gasteiger partial charge in [-0.15, -0.1) is 0 Å². The summed E-state index contributed by atoms with van der Waals surface area (Å²) in [5.41, 5.74) is 1.11. The molecule has 0 radical (unpaired) electrons. The number of benzene rings is 1. The summed E-state index contributed by atoms with van der Waals surface area (Å²) in [4.78, 5) is 24.8. The Bertz CT molecular complexity index is 472. The third-order valence-corrected chi connectivity index (χ3v) is 4.29. The van der Waals surface area contributed by atoms with Crippen LogP contribution in [0.4, 0.5) is 0 Å². The molecule has 0 aliphatic carbocycles. The van der Waals surface area contributed by atoms with Crippen molar-refractivity contribution < 1.29 is 14.7 Å². The Balaban J connectivity index is 1.96. The lowest BCUT2D eigenvalue weighted by molar-refractivity contribution is -0.130. The summed E-state index contributed by atoms with van der Waals surface area (Å²) in [6.07, 6.45) is 0.345. The molecule has 4 nitrogen and oxygen atoms in total. The predicted molar refractivity (Wildman–Crippen MR) is 75.6 cm³/mol. The zero-order valence-corrected chi connectivity index (χ0v) is 11.7. The SMILES string of the molecule is CC1CN(C(=O)Cc2ccc(C(=O)O)cc2)CCS1. The molecule has 1 N–H and O–H groups in total. The smallest absolute Gasteiger partial charge is 0.335 e. The maximum atomic E-state index is 12.1. The van der Waals surface area contributed by atoms with E-state index in [0.29, 0.717) is 11.7 Å². The van der Waals surface area contributed by atoms with Gasteiger partial charge >= 0.3 is 5.97 Å². The topological polar surface area (TPSA) is 57.6 Å². The van der Waals surface area contributed by atoms with E-state index in [9.17, 15) is 9.59 Å². The first-order chi connectivity index (χ1) is 9.06. The fourth-order valence-electron chi connectivity index (χ4n) is 2.10. The number of carbonyl (C=O) groups is 2. The molecule has 1 aromatic rings. The molecule has 0 bridgehead atoms. The van der Waals surface area contributed by atoms with E-state index in [0.717, 1.165) is 24.4 Å². The summed E-state index contributed by atoms with van der Waals surface area (Å²) in [7, 11) is 0. The monoisotopic (exact) mass is 279 g/mol. The van der Waals surface area contributed by atoms with E-state index in [1.165, 1.54) is 0 Å². The van der Waals surface area contributed by atoms with Gasteiger partial charge in [-0.2, -0.15) is 11.8 Å². The lowest BCUT2D eigenvalue weighted by Crippen LogP contribution is -2.41. The molecular formula is C14H17NO3S. The molecule has 0 aromatic heterocycles. The van der Waals surface area contributed by atoms with Crippen LogP contribution in [0, 0.1) is 0 Å². The summed E-state index contributed by atoms with van der Waals surface area (Å²) in [6.45, 7) is 3.74. The summed E-state index contributed by atoms with van der Waals surface area (Å²) < 4.78 is 0. The van der Waals surface area contributed by atoms with Gasteiger partial charge in [0.15, 0.2) is 0 Å². The van der Waals surface area contributed by atoms with Crippen molar-refractivity contribution in [2.75, 3.05) is 18.8 Å². The van der Waals surface area contributed by atoms with Crippen molar-refractivity contribution in [2.45, 2.75) is 18.6 Å². The number of carboxylic acid groups (broad SMARTS) is 1. The molecule has 19 heavy (non-hydrogen) atoms. The third-order valence-electron chi connectivity index (χ3n) is 3.15. The molecule has 1 atom stereocenters. The molecule has 1 aromatic carbocycles. The zero-order valence-electron chi connectivity index (χ0n) is 10.8. The average Bonchev–Trinajstić information content (AvgIpc) is 2.39. The number of hydrogen-bond acceptors (Lipinski definition) is 3. The summed E-state index contributed by atoms with van der Waals surface area (Å²) in [6, 6.07) is 6.51. The van der Waals surface area contributed by atoms with Crippen LogP contribution in [-0.4, -0.2) is 46.0 Å². The van der Waals surface area contributed by atoms with E-state index in [-0.39, 0.29) is 11.5 Å². The highest BCUT2D eigenvalue weighted by Crippen LogP contribution is 2.18. The Morgan fingerprint density at radius 3 is 2.63 bits per heavy atom. The van der Waals surface area contributed by atoms with Gasteiger partial charge in [-0.3, -0.25) is 4.79 Å². The summed E-state index contributed by atoms with van der Waals surface area (Å²) in [5.74, 6) is 0.167. The van der Waals surface area contributed by atoms with Gasteiger partial charge in [0.25, 0.3) is 0 Å². The third kappa shape index (κ3) is 3.73. The first-order valence-electron chi connectivity index (χ1n) is 6.28. The Kier molecular flexibility index (Phi) is 4.47. The van der Waals surface area contributed by atoms with Crippen LogP contribution in [-0.2, 0) is 11.2 Å². The van der Waals surface area contributed by atoms with Crippen molar-refractivity contribution in [1.29, 1.82) is 0 Å². The van der Waals surface area contributed by atoms with E-state index in [2.05, 4.69) is 6.92 Å². The molecule has 1 heterocycles. The Morgan fingerprint density at radius 2 is 2.05 bits per heavy atom. The highest BCUT2D eigenvalue weighted by Gasteiger charge is 2.21. The zero-order chi connectivity index (χ0) is 13.8. The first-order valence-corrected chi connectivity index (χ1v) is 7.33. The van der Waals surface area contributed by atoms with E-state index < -0.39 is 5.97 Å². The fraction of sp³-hybridized carbons (Fsp3) is 0.429. The van der Waals surface area contributed by atoms with Gasteiger partial charge in [0.2, 0.25) is 5.91 Å². The second kappa shape index (κ2) is 6.10. The largest absolute Gasteiger partial charge is 0.478 e. The lowest BCUT2D eigenvalue weighted by atomic mass is 10.1. The number of aromatic carboxylic acids is 1. The summed E-state index contributed by atoms with van der Waals surface area (Å²) >= 11 is 1.89. The number of nitrogens with zero attached hydrogens (tertiary/aromatic N) is 1. The highest BCUT2D eigenvalue weighted by molar-refractivity contribution is 7.99. The number of amides is 1. The van der Waals surface area contributed by atoms with Crippen molar-refractivity contribution in [2.24, 2.45) is 0 Å². The van der Waals surface area contributed by atoms with Crippen LogP contribution in [0.25, 0.3) is 0 Å². The second-order valence-electron chi connectivity index (χ2n) is 4.70. The molecule has 0 spiro atoms. The highest BCUT2D eigenvalue weighted by atomic mass is 32.2. The van der Waals surface area contributed by atoms with Gasteiger partial charge in [-0.05, 0) is 17.7 Å². The molecular weight excluding hydrogens is 262 g/mol. The molecule has 1 aliphatic heterocycles. The molecule has 1 aliphatic rings. The van der Waals surface area contributed by atoms with E-state index >= 15 is 0 Å². The molecule has 1 amide bonds. The second-order valence-corrected chi connectivity index (χ2v) is 6.25. The van der Waals surface area contributed by atoms with Crippen molar-refractivity contribution in [1.82, 2.24) is 4.90 Å². The van der Waals surface area contributed by atoms with Crippen LogP contribution in [0.2, 0.25) is 0 Å². The van der Waals surface area contributed by atoms with Crippen molar-refractivity contribution in [3.8, 4) is 0 Å². The van der Waals surface area contributed by atoms with Gasteiger partial charge in [-0.25, -0.2) is 4.79 Å². The quantitative estimate of drug-likeness (QED) is 0.918. The predicted octanol–water partition coefficient (Wildman–Crippen LogP) is 1.89.